The van der Waals surface area contributed by atoms with E-state index < -0.39 is 0 Å². The van der Waals surface area contributed by atoms with Crippen LogP contribution in [-0.4, -0.2) is 47.1 Å². The third-order valence-electron chi connectivity index (χ3n) is 5.81. The number of nitrogens with one attached hydrogen (secondary N) is 1. The number of nitrogens with zero attached hydrogens (tertiary/aromatic N) is 1. The van der Waals surface area contributed by atoms with Crippen LogP contribution in [0.2, 0.25) is 0 Å². The minimum atomic E-state index is -0.319. The average Bonchev–Trinajstić information content (AvgIpc) is 3.26. The molecule has 2 bridgehead atoms. The number of hydrogen-bond acceptors (Lipinski definition) is 4. The van der Waals surface area contributed by atoms with Crippen molar-refractivity contribution in [2.24, 2.45) is 17.8 Å². The van der Waals surface area contributed by atoms with Crippen LogP contribution in [0, 0.1) is 17.8 Å². The third kappa shape index (κ3) is 2.58. The number of amides is 2. The Labute approximate surface area is 139 Å². The maximum Gasteiger partial charge on any atom is 0.252 e. The molecule has 0 spiro atoms. The summed E-state index contributed by atoms with van der Waals surface area (Å²) in [6, 6.07) is 1.86. The molecule has 2 amide bonds. The van der Waals surface area contributed by atoms with Crippen LogP contribution in [0.25, 0.3) is 0 Å². The van der Waals surface area contributed by atoms with Gasteiger partial charge in [-0.2, -0.15) is 11.3 Å². The van der Waals surface area contributed by atoms with E-state index in [4.69, 9.17) is 0 Å². The lowest BCUT2D eigenvalue weighted by Crippen LogP contribution is -2.43. The van der Waals surface area contributed by atoms with E-state index in [-0.39, 0.29) is 24.0 Å². The highest BCUT2D eigenvalue weighted by atomic mass is 32.1. The summed E-state index contributed by atoms with van der Waals surface area (Å²) in [4.78, 5) is 26.2. The molecule has 5 atom stereocenters. The van der Waals surface area contributed by atoms with Gasteiger partial charge in [0.1, 0.15) is 0 Å². The number of aliphatic hydroxyl groups is 1. The highest BCUT2D eigenvalue weighted by Crippen LogP contribution is 2.54. The van der Waals surface area contributed by atoms with E-state index in [9.17, 15) is 14.7 Å². The summed E-state index contributed by atoms with van der Waals surface area (Å²) >= 11 is 1.50. The van der Waals surface area contributed by atoms with E-state index in [1.54, 1.807) is 6.07 Å². The van der Waals surface area contributed by atoms with Gasteiger partial charge in [0, 0.05) is 30.5 Å². The van der Waals surface area contributed by atoms with Crippen LogP contribution in [0.4, 0.5) is 0 Å². The molecule has 1 aromatic heterocycles. The molecule has 2 saturated carbocycles. The van der Waals surface area contributed by atoms with E-state index in [0.29, 0.717) is 42.7 Å². The molecule has 1 aliphatic heterocycles. The van der Waals surface area contributed by atoms with E-state index in [0.717, 1.165) is 19.4 Å². The summed E-state index contributed by atoms with van der Waals surface area (Å²) in [5.74, 6) is 1.60. The van der Waals surface area contributed by atoms with Gasteiger partial charge in [0.05, 0.1) is 12.1 Å². The van der Waals surface area contributed by atoms with E-state index >= 15 is 0 Å². The van der Waals surface area contributed by atoms with Crippen LogP contribution in [0.3, 0.4) is 0 Å². The fraction of sp³-hybridized carbons (Fsp3) is 0.647. The molecule has 2 N–H and O–H groups in total. The summed E-state index contributed by atoms with van der Waals surface area (Å²) in [5, 5.41) is 16.9. The quantitative estimate of drug-likeness (QED) is 0.802. The summed E-state index contributed by atoms with van der Waals surface area (Å²) in [6.07, 6.45) is 2.95. The summed E-state index contributed by atoms with van der Waals surface area (Å²) in [7, 11) is 0. The Morgan fingerprint density at radius 3 is 2.96 bits per heavy atom. The zero-order valence-electron chi connectivity index (χ0n) is 13.0. The zero-order valence-corrected chi connectivity index (χ0v) is 13.8. The molecule has 1 aromatic rings. The molecular formula is C17H22N2O3S. The van der Waals surface area contributed by atoms with Gasteiger partial charge in [-0.05, 0) is 48.5 Å². The standard InChI is InChI=1S/C17H22N2O3S/c20-14(2-1-4-18-17(22)10-3-5-23-9-10)19-8-12-6-11-7-13(12)15(19)16(11)21/h3,5,9,11-13,15-16,21H,1-2,4,6-8H2,(H,18,22)/t11-,12-,13+,15+,16+/m0/s1. The Balaban J connectivity index is 1.24. The number of carbonyl (C=O) groups is 2. The highest BCUT2D eigenvalue weighted by molar-refractivity contribution is 7.08. The number of carbonyl (C=O) groups excluding carboxylic acids is 2. The number of aliphatic hydroxyl groups excluding tert-OH is 1. The van der Waals surface area contributed by atoms with Crippen molar-refractivity contribution in [2.45, 2.75) is 37.8 Å². The highest BCUT2D eigenvalue weighted by Gasteiger charge is 2.59. The fourth-order valence-electron chi connectivity index (χ4n) is 4.78. The number of rotatable bonds is 5. The second-order valence-electron chi connectivity index (χ2n) is 7.05. The number of thiophene rings is 1. The van der Waals surface area contributed by atoms with Crippen molar-refractivity contribution in [1.82, 2.24) is 10.2 Å². The van der Waals surface area contributed by atoms with Gasteiger partial charge in [0.15, 0.2) is 0 Å². The van der Waals surface area contributed by atoms with Crippen molar-refractivity contribution in [1.29, 1.82) is 0 Å². The van der Waals surface area contributed by atoms with Crippen LogP contribution >= 0.6 is 11.3 Å². The van der Waals surface area contributed by atoms with Gasteiger partial charge in [-0.15, -0.1) is 0 Å². The average molecular weight is 334 g/mol. The number of likely N-dealkylation sites (tertiary alicyclic amines) is 1. The van der Waals surface area contributed by atoms with Crippen molar-refractivity contribution in [3.63, 3.8) is 0 Å². The molecule has 3 fully saturated rings. The Morgan fingerprint density at radius 2 is 2.22 bits per heavy atom. The van der Waals surface area contributed by atoms with Gasteiger partial charge in [-0.1, -0.05) is 0 Å². The van der Waals surface area contributed by atoms with Crippen molar-refractivity contribution in [3.05, 3.63) is 22.4 Å². The smallest absolute Gasteiger partial charge is 0.252 e. The minimum Gasteiger partial charge on any atom is -0.391 e. The lowest BCUT2D eigenvalue weighted by molar-refractivity contribution is -0.134. The normalized spacial score (nSPS) is 34.1. The molecule has 2 aliphatic carbocycles. The van der Waals surface area contributed by atoms with Crippen LogP contribution < -0.4 is 5.32 Å². The predicted molar refractivity (Wildman–Crippen MR) is 87.1 cm³/mol. The van der Waals surface area contributed by atoms with Crippen LogP contribution in [-0.2, 0) is 4.79 Å². The first-order chi connectivity index (χ1) is 11.1. The molecule has 2 heterocycles. The SMILES string of the molecule is O=C(NCCCC(=O)N1C[C@@H]2C[C@H]3C[C@H]2[C@@H]1[C@@H]3O)c1ccsc1. The van der Waals surface area contributed by atoms with Crippen molar-refractivity contribution >= 4 is 23.2 Å². The second-order valence-corrected chi connectivity index (χ2v) is 7.83. The van der Waals surface area contributed by atoms with Crippen LogP contribution in [0.5, 0.6) is 0 Å². The first kappa shape index (κ1) is 15.1. The van der Waals surface area contributed by atoms with E-state index in [1.165, 1.54) is 11.3 Å². The van der Waals surface area contributed by atoms with Gasteiger partial charge in [-0.25, -0.2) is 0 Å². The molecule has 3 aliphatic rings. The minimum absolute atomic E-state index is 0.0617. The molecular weight excluding hydrogens is 312 g/mol. The molecule has 23 heavy (non-hydrogen) atoms. The van der Waals surface area contributed by atoms with Crippen molar-refractivity contribution in [3.8, 4) is 0 Å². The number of fused-ring (bicyclic) bond motifs is 1. The lowest BCUT2D eigenvalue weighted by atomic mass is 9.88. The molecule has 0 radical (unpaired) electrons. The maximum absolute atomic E-state index is 12.5. The Hall–Kier alpha value is -1.40. The second kappa shape index (κ2) is 5.91. The summed E-state index contributed by atoms with van der Waals surface area (Å²) in [5.41, 5.74) is 0.678. The molecule has 1 saturated heterocycles. The molecule has 0 aromatic carbocycles. The van der Waals surface area contributed by atoms with E-state index in [2.05, 4.69) is 5.32 Å². The van der Waals surface area contributed by atoms with E-state index in [1.807, 2.05) is 15.7 Å². The van der Waals surface area contributed by atoms with Crippen molar-refractivity contribution in [2.75, 3.05) is 13.1 Å². The molecule has 4 rings (SSSR count). The maximum atomic E-state index is 12.5. The summed E-state index contributed by atoms with van der Waals surface area (Å²) < 4.78 is 0. The van der Waals surface area contributed by atoms with Crippen molar-refractivity contribution < 1.29 is 14.7 Å². The Morgan fingerprint density at radius 1 is 1.35 bits per heavy atom. The molecule has 5 nitrogen and oxygen atoms in total. The Kier molecular flexibility index (Phi) is 3.89. The fourth-order valence-corrected chi connectivity index (χ4v) is 5.42. The molecule has 0 unspecified atom stereocenters. The Bertz CT molecular complexity index is 601. The summed E-state index contributed by atoms with van der Waals surface area (Å²) in [6.45, 7) is 1.33. The third-order valence-corrected chi connectivity index (χ3v) is 6.49. The van der Waals surface area contributed by atoms with Gasteiger partial charge >= 0.3 is 0 Å². The van der Waals surface area contributed by atoms with Gasteiger partial charge in [-0.3, -0.25) is 9.59 Å². The molecule has 124 valence electrons. The molecule has 6 heteroatoms. The predicted octanol–water partition coefficient (Wildman–Crippen LogP) is 1.49. The lowest BCUT2D eigenvalue weighted by Gasteiger charge is -2.29. The largest absolute Gasteiger partial charge is 0.391 e. The number of hydrogen-bond donors (Lipinski definition) is 2. The van der Waals surface area contributed by atoms with Gasteiger partial charge in [0.2, 0.25) is 5.91 Å². The topological polar surface area (TPSA) is 69.6 Å². The monoisotopic (exact) mass is 334 g/mol. The van der Waals surface area contributed by atoms with Gasteiger partial charge in [0.25, 0.3) is 5.91 Å². The van der Waals surface area contributed by atoms with Crippen LogP contribution in [0.15, 0.2) is 16.8 Å². The first-order valence-electron chi connectivity index (χ1n) is 8.43. The van der Waals surface area contributed by atoms with Crippen LogP contribution in [0.1, 0.15) is 36.0 Å². The van der Waals surface area contributed by atoms with Gasteiger partial charge < -0.3 is 15.3 Å². The zero-order chi connectivity index (χ0) is 16.0. The first-order valence-corrected chi connectivity index (χ1v) is 9.37.